The molecule has 0 atom stereocenters. The van der Waals surface area contributed by atoms with E-state index in [-0.39, 0.29) is 6.54 Å². The van der Waals surface area contributed by atoms with Crippen LogP contribution < -0.4 is 5.32 Å². The second-order valence-electron chi connectivity index (χ2n) is 2.62. The smallest absolute Gasteiger partial charge is 0.322 e. The van der Waals surface area contributed by atoms with E-state index in [0.29, 0.717) is 0 Å². The van der Waals surface area contributed by atoms with Crippen molar-refractivity contribution in [3.63, 3.8) is 0 Å². The topological polar surface area (TPSA) is 49.3 Å². The Labute approximate surface area is 71.0 Å². The molecule has 0 heterocycles. The van der Waals surface area contributed by atoms with E-state index in [1.807, 2.05) is 31.2 Å². The maximum atomic E-state index is 10.2. The third-order valence-corrected chi connectivity index (χ3v) is 1.46. The molecule has 0 saturated heterocycles. The minimum atomic E-state index is -0.850. The molecule has 2 N–H and O–H groups in total. The number of hydrogen-bond acceptors (Lipinski definition) is 2. The number of nitrogens with one attached hydrogen (secondary N) is 1. The minimum Gasteiger partial charge on any atom is -0.480 e. The second-order valence-corrected chi connectivity index (χ2v) is 2.62. The van der Waals surface area contributed by atoms with Crippen LogP contribution in [0.1, 0.15) is 5.56 Å². The van der Waals surface area contributed by atoms with Crippen LogP contribution in [-0.2, 0) is 4.79 Å². The predicted octanol–water partition coefficient (Wildman–Crippen LogP) is 1.49. The van der Waals surface area contributed by atoms with Crippen LogP contribution in [-0.4, -0.2) is 17.6 Å². The molecule has 0 bridgehead atoms. The number of carboxylic acids is 1. The summed E-state index contributed by atoms with van der Waals surface area (Å²) >= 11 is 0. The van der Waals surface area contributed by atoms with E-state index < -0.39 is 5.97 Å². The summed E-state index contributed by atoms with van der Waals surface area (Å²) in [5.41, 5.74) is 1.96. The number of carbonyl (C=O) groups is 1. The van der Waals surface area contributed by atoms with Crippen LogP contribution in [0.3, 0.4) is 0 Å². The van der Waals surface area contributed by atoms with Crippen LogP contribution in [0, 0.1) is 6.92 Å². The fourth-order valence-corrected chi connectivity index (χ4v) is 0.933. The van der Waals surface area contributed by atoms with Crippen LogP contribution >= 0.6 is 0 Å². The fourth-order valence-electron chi connectivity index (χ4n) is 0.933. The molecule has 3 nitrogen and oxygen atoms in total. The van der Waals surface area contributed by atoms with E-state index in [9.17, 15) is 4.79 Å². The summed E-state index contributed by atoms with van der Waals surface area (Å²) in [6, 6.07) is 7.60. The van der Waals surface area contributed by atoms with Crippen molar-refractivity contribution in [1.29, 1.82) is 0 Å². The lowest BCUT2D eigenvalue weighted by molar-refractivity contribution is -0.134. The summed E-state index contributed by atoms with van der Waals surface area (Å²) in [4.78, 5) is 10.2. The van der Waals surface area contributed by atoms with Gasteiger partial charge >= 0.3 is 5.97 Å². The highest BCUT2D eigenvalue weighted by atomic mass is 16.4. The predicted molar refractivity (Wildman–Crippen MR) is 47.3 cm³/mol. The zero-order valence-electron chi connectivity index (χ0n) is 6.87. The van der Waals surface area contributed by atoms with Gasteiger partial charge in [-0.1, -0.05) is 12.1 Å². The van der Waals surface area contributed by atoms with Crippen molar-refractivity contribution < 1.29 is 9.90 Å². The lowest BCUT2D eigenvalue weighted by Gasteiger charge is -2.02. The van der Waals surface area contributed by atoms with E-state index in [0.717, 1.165) is 11.3 Å². The zero-order chi connectivity index (χ0) is 8.97. The highest BCUT2D eigenvalue weighted by Gasteiger charge is 1.95. The van der Waals surface area contributed by atoms with Gasteiger partial charge in [-0.25, -0.2) is 0 Å². The molecule has 0 saturated carbocycles. The Kier molecular flexibility index (Phi) is 2.69. The third-order valence-electron chi connectivity index (χ3n) is 1.46. The van der Waals surface area contributed by atoms with Gasteiger partial charge < -0.3 is 10.4 Å². The highest BCUT2D eigenvalue weighted by molar-refractivity contribution is 5.72. The van der Waals surface area contributed by atoms with Crippen molar-refractivity contribution in [2.24, 2.45) is 0 Å². The highest BCUT2D eigenvalue weighted by Crippen LogP contribution is 2.08. The van der Waals surface area contributed by atoms with E-state index in [1.54, 1.807) is 0 Å². The standard InChI is InChI=1S/C9H11NO2/c1-7-3-2-4-8(5-7)10-6-9(11)12/h2-5,10H,6H2,1H3,(H,11,12). The van der Waals surface area contributed by atoms with Crippen molar-refractivity contribution in [3.05, 3.63) is 29.8 Å². The fraction of sp³-hybridized carbons (Fsp3) is 0.222. The van der Waals surface area contributed by atoms with Crippen LogP contribution in [0.4, 0.5) is 5.69 Å². The first-order valence-corrected chi connectivity index (χ1v) is 3.71. The van der Waals surface area contributed by atoms with Gasteiger partial charge in [0, 0.05) is 5.69 Å². The molecule has 0 aliphatic carbocycles. The van der Waals surface area contributed by atoms with Crippen LogP contribution in [0.2, 0.25) is 0 Å². The number of rotatable bonds is 3. The molecule has 0 radical (unpaired) electrons. The normalized spacial score (nSPS) is 9.42. The average Bonchev–Trinajstić information content (AvgIpc) is 2.01. The van der Waals surface area contributed by atoms with E-state index in [2.05, 4.69) is 5.32 Å². The first-order valence-electron chi connectivity index (χ1n) is 3.71. The summed E-state index contributed by atoms with van der Waals surface area (Å²) in [5.74, 6) is -0.850. The molecule has 12 heavy (non-hydrogen) atoms. The van der Waals surface area contributed by atoms with Gasteiger partial charge in [0.25, 0.3) is 0 Å². The average molecular weight is 165 g/mol. The van der Waals surface area contributed by atoms with Gasteiger partial charge in [-0.2, -0.15) is 0 Å². The molecule has 0 amide bonds. The Morgan fingerprint density at radius 1 is 1.58 bits per heavy atom. The zero-order valence-corrected chi connectivity index (χ0v) is 6.87. The Hall–Kier alpha value is -1.51. The summed E-state index contributed by atoms with van der Waals surface area (Å²) in [7, 11) is 0. The molecule has 0 fully saturated rings. The van der Waals surface area contributed by atoms with Crippen molar-refractivity contribution in [3.8, 4) is 0 Å². The van der Waals surface area contributed by atoms with Gasteiger partial charge in [0.05, 0.1) is 0 Å². The summed E-state index contributed by atoms with van der Waals surface area (Å²) in [6.45, 7) is 1.93. The number of aryl methyl sites for hydroxylation is 1. The van der Waals surface area contributed by atoms with E-state index >= 15 is 0 Å². The van der Waals surface area contributed by atoms with Crippen molar-refractivity contribution in [2.75, 3.05) is 11.9 Å². The molecule has 0 aliphatic heterocycles. The molecule has 0 unspecified atom stereocenters. The molecule has 0 aliphatic rings. The van der Waals surface area contributed by atoms with Crippen LogP contribution in [0.25, 0.3) is 0 Å². The monoisotopic (exact) mass is 165 g/mol. The Balaban J connectivity index is 2.57. The summed E-state index contributed by atoms with van der Waals surface area (Å²) in [5, 5.41) is 11.2. The van der Waals surface area contributed by atoms with Gasteiger partial charge in [-0.15, -0.1) is 0 Å². The van der Waals surface area contributed by atoms with Gasteiger partial charge in [0.15, 0.2) is 0 Å². The molecule has 1 rings (SSSR count). The van der Waals surface area contributed by atoms with Crippen molar-refractivity contribution >= 4 is 11.7 Å². The first-order chi connectivity index (χ1) is 5.68. The van der Waals surface area contributed by atoms with Crippen LogP contribution in [0.15, 0.2) is 24.3 Å². The lowest BCUT2D eigenvalue weighted by atomic mass is 10.2. The first kappa shape index (κ1) is 8.59. The maximum Gasteiger partial charge on any atom is 0.322 e. The number of carboxylic acid groups (broad SMARTS) is 1. The molecule has 1 aromatic rings. The molecule has 64 valence electrons. The molecule has 0 spiro atoms. The SMILES string of the molecule is Cc1cccc(NCC(=O)O)c1. The van der Waals surface area contributed by atoms with E-state index in [1.165, 1.54) is 0 Å². The van der Waals surface area contributed by atoms with Crippen molar-refractivity contribution in [2.45, 2.75) is 6.92 Å². The molecular formula is C9H11NO2. The largest absolute Gasteiger partial charge is 0.480 e. The van der Waals surface area contributed by atoms with E-state index in [4.69, 9.17) is 5.11 Å². The number of benzene rings is 1. The van der Waals surface area contributed by atoms with Gasteiger partial charge in [-0.05, 0) is 24.6 Å². The van der Waals surface area contributed by atoms with Gasteiger partial charge in [-0.3, -0.25) is 4.79 Å². The number of aliphatic carboxylic acids is 1. The third kappa shape index (κ3) is 2.62. The lowest BCUT2D eigenvalue weighted by Crippen LogP contribution is -2.12. The van der Waals surface area contributed by atoms with Gasteiger partial charge in [0.1, 0.15) is 6.54 Å². The summed E-state index contributed by atoms with van der Waals surface area (Å²) in [6.07, 6.45) is 0. The maximum absolute atomic E-state index is 10.2. The van der Waals surface area contributed by atoms with Crippen molar-refractivity contribution in [1.82, 2.24) is 0 Å². The van der Waals surface area contributed by atoms with Gasteiger partial charge in [0.2, 0.25) is 0 Å². The Bertz CT molecular complexity index is 284. The Morgan fingerprint density at radius 3 is 2.92 bits per heavy atom. The molecule has 0 aromatic heterocycles. The number of anilines is 1. The molecular weight excluding hydrogens is 154 g/mol. The molecule has 3 heteroatoms. The number of hydrogen-bond donors (Lipinski definition) is 2. The quantitative estimate of drug-likeness (QED) is 0.713. The summed E-state index contributed by atoms with van der Waals surface area (Å²) < 4.78 is 0. The Morgan fingerprint density at radius 2 is 2.33 bits per heavy atom. The minimum absolute atomic E-state index is 0.0382. The van der Waals surface area contributed by atoms with Crippen LogP contribution in [0.5, 0.6) is 0 Å². The second kappa shape index (κ2) is 3.76. The molecule has 1 aromatic carbocycles.